The minimum Gasteiger partial charge on any atom is -0.400 e. The zero-order chi connectivity index (χ0) is 35.7. The summed E-state index contributed by atoms with van der Waals surface area (Å²) >= 11 is 0. The highest BCUT2D eigenvalue weighted by molar-refractivity contribution is 5.55. The maximum absolute atomic E-state index is 13.0. The molecule has 0 amide bonds. The van der Waals surface area contributed by atoms with Gasteiger partial charge in [0.2, 0.25) is 0 Å². The van der Waals surface area contributed by atoms with E-state index in [9.17, 15) is 39.5 Å². The number of hydrogen-bond acceptors (Lipinski definition) is 1. The third kappa shape index (κ3) is 11.3. The van der Waals surface area contributed by atoms with Crippen molar-refractivity contribution in [3.8, 4) is 12.3 Å². The molecule has 0 aliphatic heterocycles. The Kier molecular flexibility index (Phi) is 18.2. The summed E-state index contributed by atoms with van der Waals surface area (Å²) in [5.74, 6) is -6.64. The van der Waals surface area contributed by atoms with Crippen molar-refractivity contribution in [1.82, 2.24) is 0 Å². The number of aliphatic hydroxyl groups excluding tert-OH is 1. The molecule has 0 saturated heterocycles. The largest absolute Gasteiger partial charge is 0.400 e. The predicted molar refractivity (Wildman–Crippen MR) is 165 cm³/mol. The van der Waals surface area contributed by atoms with E-state index in [0.29, 0.717) is 22.8 Å². The standard InChI is InChI=1S/C11H12F.C9H8F2.C8H3F3.C7H4F3.CH4O/c1-4-9-6-7-11(12)8(3)10(9)5-2;1-3-7-4-5-8(10)9(11)6(7)2;1-2-5-6(9)3-4-7(10)8(5)11;1-4-5(8)2-3-6(9)7(4)10;1-2/h4,6-7H,1,3,5H2,2H3;3-5H,1H2,2H3;1,3-4H;2-3H,1H2;2H,1H3. The summed E-state index contributed by atoms with van der Waals surface area (Å²) < 4.78 is 112. The van der Waals surface area contributed by atoms with Gasteiger partial charge in [0.25, 0.3) is 0 Å². The molecule has 0 aromatic heterocycles. The molecule has 0 heterocycles. The Morgan fingerprint density at radius 3 is 1.46 bits per heavy atom. The monoisotopic (exact) mass is 650 g/mol. The Balaban J connectivity index is 0.000000577. The van der Waals surface area contributed by atoms with Crippen LogP contribution in [0, 0.1) is 85.5 Å². The van der Waals surface area contributed by atoms with Crippen LogP contribution < -0.4 is 0 Å². The topological polar surface area (TPSA) is 20.2 Å². The van der Waals surface area contributed by atoms with Crippen molar-refractivity contribution in [1.29, 1.82) is 0 Å². The van der Waals surface area contributed by atoms with E-state index in [4.69, 9.17) is 11.5 Å². The summed E-state index contributed by atoms with van der Waals surface area (Å²) in [6.45, 7) is 17.3. The molecule has 0 saturated carbocycles. The first-order valence-corrected chi connectivity index (χ1v) is 13.0. The summed E-state index contributed by atoms with van der Waals surface area (Å²) in [4.78, 5) is 0. The fraction of sp³-hybridized carbons (Fsp3) is 0.111. The zero-order valence-electron chi connectivity index (χ0n) is 25.2. The summed E-state index contributed by atoms with van der Waals surface area (Å²) in [6, 6.07) is 8.79. The Labute approximate surface area is 263 Å². The number of hydrogen-bond donors (Lipinski definition) is 1. The van der Waals surface area contributed by atoms with E-state index in [-0.39, 0.29) is 5.82 Å². The van der Waals surface area contributed by atoms with Gasteiger partial charge in [-0.2, -0.15) is 0 Å². The lowest BCUT2D eigenvalue weighted by Gasteiger charge is -2.07. The van der Waals surface area contributed by atoms with Crippen LogP contribution in [-0.4, -0.2) is 12.2 Å². The minimum absolute atomic E-state index is 0.238. The van der Waals surface area contributed by atoms with Crippen molar-refractivity contribution in [3.63, 3.8) is 0 Å². The van der Waals surface area contributed by atoms with Crippen molar-refractivity contribution >= 4 is 12.2 Å². The molecule has 0 aliphatic carbocycles. The third-order valence-electron chi connectivity index (χ3n) is 5.91. The predicted octanol–water partition coefficient (Wildman–Crippen LogP) is 10.1. The molecule has 4 aromatic carbocycles. The SMILES string of the molecule is C#Cc1c(F)ccc(F)c1F.C=Cc1ccc(F)c(F)c1C.CO.[CH2]c1c(F)ccc(C=C)c1CC.[CH2]c1c(F)ccc(F)c1F. The minimum atomic E-state index is -1.31. The number of aliphatic hydroxyl groups is 1. The first-order valence-electron chi connectivity index (χ1n) is 13.0. The van der Waals surface area contributed by atoms with Gasteiger partial charge in [0.1, 0.15) is 17.5 Å². The van der Waals surface area contributed by atoms with Crippen molar-refractivity contribution < 1.29 is 44.6 Å². The van der Waals surface area contributed by atoms with Gasteiger partial charge in [-0.3, -0.25) is 0 Å². The van der Waals surface area contributed by atoms with Gasteiger partial charge in [0, 0.05) is 12.7 Å². The highest BCUT2D eigenvalue weighted by Gasteiger charge is 2.11. The molecule has 4 rings (SSSR count). The lowest BCUT2D eigenvalue weighted by Crippen LogP contribution is -1.94. The van der Waals surface area contributed by atoms with Crippen molar-refractivity contribution in [2.24, 2.45) is 0 Å². The van der Waals surface area contributed by atoms with Gasteiger partial charge in [-0.15, -0.1) is 6.42 Å². The van der Waals surface area contributed by atoms with E-state index in [1.165, 1.54) is 25.1 Å². The molecule has 0 fully saturated rings. The molecule has 4 aromatic rings. The van der Waals surface area contributed by atoms with E-state index in [0.717, 1.165) is 48.9 Å². The second kappa shape index (κ2) is 20.3. The highest BCUT2D eigenvalue weighted by Crippen LogP contribution is 2.19. The van der Waals surface area contributed by atoms with Crippen molar-refractivity contribution in [2.45, 2.75) is 20.3 Å². The van der Waals surface area contributed by atoms with Crippen LogP contribution in [0.15, 0.2) is 61.7 Å². The first-order chi connectivity index (χ1) is 21.7. The van der Waals surface area contributed by atoms with Gasteiger partial charge in [0.05, 0.1) is 5.56 Å². The molecule has 1 N–H and O–H groups in total. The molecule has 46 heavy (non-hydrogen) atoms. The summed E-state index contributed by atoms with van der Waals surface area (Å²) in [5.41, 5.74) is 2.16. The summed E-state index contributed by atoms with van der Waals surface area (Å²) in [6.07, 6.45) is 8.74. The van der Waals surface area contributed by atoms with Crippen molar-refractivity contribution in [3.05, 3.63) is 167 Å². The van der Waals surface area contributed by atoms with Crippen molar-refractivity contribution in [2.75, 3.05) is 7.11 Å². The number of halogens is 9. The lowest BCUT2D eigenvalue weighted by atomic mass is 9.99. The number of terminal acetylenes is 1. The molecule has 0 aliphatic rings. The fourth-order valence-electron chi connectivity index (χ4n) is 3.41. The van der Waals surface area contributed by atoms with E-state index in [1.54, 1.807) is 18.1 Å². The molecule has 244 valence electrons. The first kappa shape index (κ1) is 41.2. The summed E-state index contributed by atoms with van der Waals surface area (Å²) in [7, 11) is 1.00. The van der Waals surface area contributed by atoms with Gasteiger partial charge in [-0.25, -0.2) is 39.5 Å². The average molecular weight is 651 g/mol. The molecule has 0 spiro atoms. The second-order valence-electron chi connectivity index (χ2n) is 8.62. The maximum atomic E-state index is 13.0. The molecular weight excluding hydrogens is 619 g/mol. The lowest BCUT2D eigenvalue weighted by molar-refractivity contribution is 0.399. The van der Waals surface area contributed by atoms with Gasteiger partial charge in [-0.05, 0) is 91.4 Å². The molecule has 2 radical (unpaired) electrons. The van der Waals surface area contributed by atoms with Gasteiger partial charge < -0.3 is 5.11 Å². The van der Waals surface area contributed by atoms with Crippen LogP contribution >= 0.6 is 0 Å². The second-order valence-corrected chi connectivity index (χ2v) is 8.62. The van der Waals surface area contributed by atoms with E-state index in [2.05, 4.69) is 27.0 Å². The molecule has 0 unspecified atom stereocenters. The average Bonchev–Trinajstić information content (AvgIpc) is 3.06. The Morgan fingerprint density at radius 2 is 1.00 bits per heavy atom. The third-order valence-corrected chi connectivity index (χ3v) is 5.91. The van der Waals surface area contributed by atoms with E-state index >= 15 is 0 Å². The van der Waals surface area contributed by atoms with E-state index in [1.807, 2.05) is 6.92 Å². The van der Waals surface area contributed by atoms with Gasteiger partial charge in [-0.1, -0.05) is 50.3 Å². The normalized spacial score (nSPS) is 9.43. The van der Waals surface area contributed by atoms with Crippen LogP contribution in [-0.2, 0) is 6.42 Å². The molecule has 1 nitrogen and oxygen atoms in total. The van der Waals surface area contributed by atoms with Crippen LogP contribution in [0.3, 0.4) is 0 Å². The van der Waals surface area contributed by atoms with Crippen LogP contribution in [0.5, 0.6) is 0 Å². The van der Waals surface area contributed by atoms with Crippen LogP contribution in [0.25, 0.3) is 12.2 Å². The Morgan fingerprint density at radius 1 is 0.609 bits per heavy atom. The highest BCUT2D eigenvalue weighted by atomic mass is 19.2. The Hall–Kier alpha value is -4.75. The summed E-state index contributed by atoms with van der Waals surface area (Å²) in [5, 5.41) is 7.00. The van der Waals surface area contributed by atoms with Gasteiger partial charge >= 0.3 is 0 Å². The zero-order valence-corrected chi connectivity index (χ0v) is 25.2. The molecular formula is C36H31F9O. The Bertz CT molecular complexity index is 1650. The molecule has 0 atom stereocenters. The molecule has 0 bridgehead atoms. The fourth-order valence-corrected chi connectivity index (χ4v) is 3.41. The van der Waals surface area contributed by atoms with Gasteiger partial charge in [0.15, 0.2) is 34.9 Å². The number of benzene rings is 4. The molecule has 10 heteroatoms. The van der Waals surface area contributed by atoms with Crippen LogP contribution in [0.2, 0.25) is 0 Å². The maximum Gasteiger partial charge on any atom is 0.177 e. The van der Waals surface area contributed by atoms with Crippen LogP contribution in [0.1, 0.15) is 45.9 Å². The van der Waals surface area contributed by atoms with Crippen LogP contribution in [0.4, 0.5) is 39.5 Å². The number of rotatable bonds is 3. The van der Waals surface area contributed by atoms with E-state index < -0.39 is 57.7 Å². The smallest absolute Gasteiger partial charge is 0.177 e. The quantitative estimate of drug-likeness (QED) is 0.133.